The molecule has 1 aromatic heterocycles. The number of hydrogen-bond acceptors (Lipinski definition) is 5. The van der Waals surface area contributed by atoms with E-state index in [1.165, 1.54) is 12.3 Å². The van der Waals surface area contributed by atoms with Crippen molar-refractivity contribution in [3.8, 4) is 0 Å². The first kappa shape index (κ1) is 16.3. The fourth-order valence-corrected chi connectivity index (χ4v) is 1.69. The van der Waals surface area contributed by atoms with E-state index < -0.39 is 16.5 Å². The molecule has 0 spiro atoms. The minimum atomic E-state index is -0.720. The highest BCUT2D eigenvalue weighted by atomic mass is 35.5. The van der Waals surface area contributed by atoms with Crippen molar-refractivity contribution in [3.05, 3.63) is 33.1 Å². The van der Waals surface area contributed by atoms with Crippen molar-refractivity contribution in [1.29, 1.82) is 0 Å². The van der Waals surface area contributed by atoms with Gasteiger partial charge in [0, 0.05) is 19.3 Å². The molecule has 1 rings (SSSR count). The van der Waals surface area contributed by atoms with Crippen molar-refractivity contribution in [2.45, 2.75) is 19.8 Å². The van der Waals surface area contributed by atoms with Crippen molar-refractivity contribution in [2.75, 3.05) is 19.8 Å². The summed E-state index contributed by atoms with van der Waals surface area (Å²) in [6, 6.07) is 1.26. The summed E-state index contributed by atoms with van der Waals surface area (Å²) in [6.07, 6.45) is 3.25. The maximum Gasteiger partial charge on any atom is 0.319 e. The Kier molecular flexibility index (Phi) is 6.89. The van der Waals surface area contributed by atoms with E-state index in [9.17, 15) is 14.9 Å². The number of amides is 1. The maximum absolute atomic E-state index is 11.9. The number of pyridine rings is 1. The Morgan fingerprint density at radius 1 is 1.55 bits per heavy atom. The Labute approximate surface area is 121 Å². The van der Waals surface area contributed by atoms with E-state index in [0.717, 1.165) is 12.8 Å². The summed E-state index contributed by atoms with van der Waals surface area (Å²) in [7, 11) is 0. The molecular weight excluding hydrogens is 286 g/mol. The number of aromatic nitrogens is 1. The molecule has 1 aromatic rings. The molecule has 0 saturated heterocycles. The molecule has 1 amide bonds. The standard InChI is InChI=1S/C12H16ClN3O4/c1-2-3-7-20-8-6-15-12(17)9-4-5-14-11(13)10(9)16(18)19/h4-5H,2-3,6-8H2,1H3,(H,15,17). The monoisotopic (exact) mass is 301 g/mol. The Balaban J connectivity index is 2.56. The van der Waals surface area contributed by atoms with Gasteiger partial charge in [-0.2, -0.15) is 0 Å². The number of nitro groups is 1. The smallest absolute Gasteiger partial charge is 0.319 e. The normalized spacial score (nSPS) is 10.3. The summed E-state index contributed by atoms with van der Waals surface area (Å²) in [5.41, 5.74) is -0.595. The number of rotatable bonds is 8. The van der Waals surface area contributed by atoms with E-state index in [4.69, 9.17) is 16.3 Å². The number of ether oxygens (including phenoxy) is 1. The van der Waals surface area contributed by atoms with Crippen molar-refractivity contribution in [2.24, 2.45) is 0 Å². The van der Waals surface area contributed by atoms with Gasteiger partial charge in [-0.3, -0.25) is 14.9 Å². The third kappa shape index (κ3) is 4.75. The number of nitrogens with one attached hydrogen (secondary N) is 1. The minimum absolute atomic E-state index is 0.108. The Bertz CT molecular complexity index is 482. The van der Waals surface area contributed by atoms with Crippen LogP contribution in [0.3, 0.4) is 0 Å². The van der Waals surface area contributed by atoms with Gasteiger partial charge in [0.1, 0.15) is 5.56 Å². The number of halogens is 1. The molecule has 0 unspecified atom stereocenters. The van der Waals surface area contributed by atoms with E-state index in [2.05, 4.69) is 17.2 Å². The molecule has 0 radical (unpaired) electrons. The van der Waals surface area contributed by atoms with Crippen LogP contribution in [0.2, 0.25) is 5.15 Å². The highest BCUT2D eigenvalue weighted by Gasteiger charge is 2.24. The Morgan fingerprint density at radius 2 is 2.30 bits per heavy atom. The lowest BCUT2D eigenvalue weighted by Gasteiger charge is -2.07. The van der Waals surface area contributed by atoms with Crippen LogP contribution in [-0.4, -0.2) is 35.6 Å². The number of carbonyl (C=O) groups excluding carboxylic acids is 1. The second kappa shape index (κ2) is 8.44. The van der Waals surface area contributed by atoms with Crippen molar-refractivity contribution in [1.82, 2.24) is 10.3 Å². The third-order valence-corrected chi connectivity index (χ3v) is 2.76. The lowest BCUT2D eigenvalue weighted by molar-refractivity contribution is -0.385. The van der Waals surface area contributed by atoms with Gasteiger partial charge in [0.25, 0.3) is 5.91 Å². The van der Waals surface area contributed by atoms with Gasteiger partial charge in [-0.1, -0.05) is 24.9 Å². The number of nitrogens with zero attached hydrogens (tertiary/aromatic N) is 2. The van der Waals surface area contributed by atoms with Crippen LogP contribution in [0.5, 0.6) is 0 Å². The average molecular weight is 302 g/mol. The van der Waals surface area contributed by atoms with Crippen LogP contribution >= 0.6 is 11.6 Å². The SMILES string of the molecule is CCCCOCCNC(=O)c1ccnc(Cl)c1[N+](=O)[O-]. The van der Waals surface area contributed by atoms with Crippen LogP contribution in [0.1, 0.15) is 30.1 Å². The van der Waals surface area contributed by atoms with Crippen LogP contribution in [0.4, 0.5) is 5.69 Å². The fraction of sp³-hybridized carbons (Fsp3) is 0.500. The molecule has 1 heterocycles. The van der Waals surface area contributed by atoms with Gasteiger partial charge in [-0.25, -0.2) is 4.98 Å². The second-order valence-electron chi connectivity index (χ2n) is 3.98. The molecule has 0 atom stereocenters. The Morgan fingerprint density at radius 3 is 2.95 bits per heavy atom. The molecule has 0 aliphatic rings. The van der Waals surface area contributed by atoms with Crippen LogP contribution < -0.4 is 5.32 Å². The quantitative estimate of drug-likeness (QED) is 0.344. The molecule has 7 nitrogen and oxygen atoms in total. The molecule has 0 aliphatic heterocycles. The molecular formula is C12H16ClN3O4. The van der Waals surface area contributed by atoms with E-state index in [1.807, 2.05) is 0 Å². The summed E-state index contributed by atoms with van der Waals surface area (Å²) in [4.78, 5) is 25.6. The summed E-state index contributed by atoms with van der Waals surface area (Å²) in [5.74, 6) is -0.569. The van der Waals surface area contributed by atoms with Gasteiger partial charge in [0.15, 0.2) is 0 Å². The van der Waals surface area contributed by atoms with Gasteiger partial charge < -0.3 is 10.1 Å². The second-order valence-corrected chi connectivity index (χ2v) is 4.33. The predicted molar refractivity (Wildman–Crippen MR) is 74.0 cm³/mol. The van der Waals surface area contributed by atoms with Crippen molar-refractivity contribution < 1.29 is 14.5 Å². The molecule has 0 aromatic carbocycles. The van der Waals surface area contributed by atoms with E-state index >= 15 is 0 Å². The zero-order valence-electron chi connectivity index (χ0n) is 11.1. The topological polar surface area (TPSA) is 94.4 Å². The van der Waals surface area contributed by atoms with Crippen LogP contribution in [0, 0.1) is 10.1 Å². The van der Waals surface area contributed by atoms with Gasteiger partial charge in [-0.15, -0.1) is 0 Å². The van der Waals surface area contributed by atoms with E-state index in [0.29, 0.717) is 13.2 Å². The van der Waals surface area contributed by atoms with Gasteiger partial charge in [-0.05, 0) is 12.5 Å². The summed E-state index contributed by atoms with van der Waals surface area (Å²) < 4.78 is 5.27. The lowest BCUT2D eigenvalue weighted by atomic mass is 10.2. The van der Waals surface area contributed by atoms with Crippen molar-refractivity contribution in [3.63, 3.8) is 0 Å². The minimum Gasteiger partial charge on any atom is -0.380 e. The molecule has 1 N–H and O–H groups in total. The van der Waals surface area contributed by atoms with Gasteiger partial charge in [0.05, 0.1) is 11.5 Å². The van der Waals surface area contributed by atoms with Crippen LogP contribution in [0.25, 0.3) is 0 Å². The largest absolute Gasteiger partial charge is 0.380 e. The molecule has 8 heteroatoms. The lowest BCUT2D eigenvalue weighted by Crippen LogP contribution is -2.28. The first-order valence-electron chi connectivity index (χ1n) is 6.22. The first-order valence-corrected chi connectivity index (χ1v) is 6.60. The van der Waals surface area contributed by atoms with Gasteiger partial charge >= 0.3 is 5.69 Å². The molecule has 0 aliphatic carbocycles. The zero-order valence-corrected chi connectivity index (χ0v) is 11.9. The molecule has 110 valence electrons. The molecule has 0 bridgehead atoms. The average Bonchev–Trinajstić information content (AvgIpc) is 2.41. The number of hydrogen-bond donors (Lipinski definition) is 1. The summed E-state index contributed by atoms with van der Waals surface area (Å²) in [5, 5.41) is 13.1. The van der Waals surface area contributed by atoms with Gasteiger partial charge in [0.2, 0.25) is 5.15 Å². The summed E-state index contributed by atoms with van der Waals surface area (Å²) in [6.45, 7) is 3.32. The number of carbonyl (C=O) groups is 1. The highest BCUT2D eigenvalue weighted by molar-refractivity contribution is 6.32. The molecule has 0 fully saturated rings. The maximum atomic E-state index is 11.9. The Hall–Kier alpha value is -1.73. The zero-order chi connectivity index (χ0) is 15.0. The highest BCUT2D eigenvalue weighted by Crippen LogP contribution is 2.25. The van der Waals surface area contributed by atoms with E-state index in [-0.39, 0.29) is 17.3 Å². The molecule has 20 heavy (non-hydrogen) atoms. The first-order chi connectivity index (χ1) is 9.57. The predicted octanol–water partition coefficient (Wildman–Crippen LogP) is 2.19. The van der Waals surface area contributed by atoms with Crippen LogP contribution in [-0.2, 0) is 4.74 Å². The third-order valence-electron chi connectivity index (χ3n) is 2.48. The molecule has 0 saturated carbocycles. The van der Waals surface area contributed by atoms with E-state index in [1.54, 1.807) is 0 Å². The summed E-state index contributed by atoms with van der Waals surface area (Å²) >= 11 is 5.63. The van der Waals surface area contributed by atoms with Crippen molar-refractivity contribution >= 4 is 23.2 Å². The fourth-order valence-electron chi connectivity index (χ4n) is 1.47. The van der Waals surface area contributed by atoms with Crippen LogP contribution in [0.15, 0.2) is 12.3 Å². The number of unbranched alkanes of at least 4 members (excludes halogenated alkanes) is 1.